The van der Waals surface area contributed by atoms with E-state index in [9.17, 15) is 4.79 Å². The average molecular weight is 304 g/mol. The molecule has 0 rings (SSSR count). The van der Waals surface area contributed by atoms with Gasteiger partial charge in [-0.15, -0.1) is 0 Å². The largest absolute Gasteiger partial charge is 0.444 e. The van der Waals surface area contributed by atoms with E-state index in [1.165, 1.54) is 0 Å². The van der Waals surface area contributed by atoms with E-state index >= 15 is 0 Å². The van der Waals surface area contributed by atoms with Crippen molar-refractivity contribution < 1.29 is 19.4 Å². The highest BCUT2D eigenvalue weighted by Gasteiger charge is 2.16. The van der Waals surface area contributed by atoms with E-state index in [0.717, 1.165) is 19.3 Å². The quantitative estimate of drug-likeness (QED) is 0.535. The number of ether oxygens (including phenoxy) is 2. The Kier molecular flexibility index (Phi) is 10.4. The van der Waals surface area contributed by atoms with Gasteiger partial charge in [0.2, 0.25) is 0 Å². The van der Waals surface area contributed by atoms with Gasteiger partial charge in [-0.2, -0.15) is 0 Å². The van der Waals surface area contributed by atoms with E-state index in [1.54, 1.807) is 7.11 Å². The third-order valence-corrected chi connectivity index (χ3v) is 2.85. The third-order valence-electron chi connectivity index (χ3n) is 2.85. The zero-order valence-corrected chi connectivity index (χ0v) is 14.1. The van der Waals surface area contributed by atoms with Gasteiger partial charge in [0.25, 0.3) is 0 Å². The van der Waals surface area contributed by atoms with Gasteiger partial charge < -0.3 is 25.2 Å². The molecule has 0 radical (unpaired) electrons. The predicted molar refractivity (Wildman–Crippen MR) is 83.4 cm³/mol. The lowest BCUT2D eigenvalue weighted by Crippen LogP contribution is -2.40. The van der Waals surface area contributed by atoms with E-state index in [4.69, 9.17) is 14.6 Å². The van der Waals surface area contributed by atoms with Gasteiger partial charge >= 0.3 is 6.09 Å². The van der Waals surface area contributed by atoms with Crippen molar-refractivity contribution in [1.82, 2.24) is 10.6 Å². The molecular weight excluding hydrogens is 272 g/mol. The normalized spacial score (nSPS) is 14.6. The van der Waals surface area contributed by atoms with Crippen LogP contribution < -0.4 is 10.6 Å². The Hall–Kier alpha value is -0.850. The maximum absolute atomic E-state index is 11.5. The molecule has 0 aliphatic rings. The van der Waals surface area contributed by atoms with Crippen molar-refractivity contribution >= 4 is 6.09 Å². The van der Waals surface area contributed by atoms with Crippen LogP contribution in [0.4, 0.5) is 4.79 Å². The second-order valence-corrected chi connectivity index (χ2v) is 6.30. The molecule has 6 nitrogen and oxygen atoms in total. The number of aliphatic hydroxyl groups excluding tert-OH is 1. The van der Waals surface area contributed by atoms with Gasteiger partial charge in [-0.1, -0.05) is 0 Å². The molecular formula is C15H32N2O4. The van der Waals surface area contributed by atoms with Gasteiger partial charge in [0, 0.05) is 32.3 Å². The van der Waals surface area contributed by atoms with Crippen molar-refractivity contribution in [3.8, 4) is 0 Å². The Morgan fingerprint density at radius 2 is 1.95 bits per heavy atom. The maximum Gasteiger partial charge on any atom is 0.407 e. The van der Waals surface area contributed by atoms with Crippen molar-refractivity contribution in [3.05, 3.63) is 0 Å². The van der Waals surface area contributed by atoms with Crippen molar-refractivity contribution in [1.29, 1.82) is 0 Å². The Morgan fingerprint density at radius 1 is 1.29 bits per heavy atom. The van der Waals surface area contributed by atoms with Crippen LogP contribution in [0.1, 0.15) is 47.0 Å². The molecule has 0 heterocycles. The first-order valence-electron chi connectivity index (χ1n) is 7.61. The molecule has 1 amide bonds. The number of alkyl carbamates (subject to hydrolysis) is 1. The number of amides is 1. The fourth-order valence-corrected chi connectivity index (χ4v) is 1.95. The Labute approximate surface area is 128 Å². The van der Waals surface area contributed by atoms with Crippen molar-refractivity contribution in [2.75, 3.05) is 26.9 Å². The predicted octanol–water partition coefficient (Wildman–Crippen LogP) is 1.67. The summed E-state index contributed by atoms with van der Waals surface area (Å²) in [6.07, 6.45) is 2.06. The Bertz CT molecular complexity index is 279. The summed E-state index contributed by atoms with van der Waals surface area (Å²) >= 11 is 0. The van der Waals surface area contributed by atoms with Crippen LogP contribution in [-0.2, 0) is 9.47 Å². The molecule has 2 unspecified atom stereocenters. The SMILES string of the molecule is COCC(CCCNC(=O)OC(C)(C)C)NC(C)CCO. The molecule has 0 aromatic rings. The fourth-order valence-electron chi connectivity index (χ4n) is 1.95. The second-order valence-electron chi connectivity index (χ2n) is 6.30. The number of carbonyl (C=O) groups excluding carboxylic acids is 1. The maximum atomic E-state index is 11.5. The molecule has 6 heteroatoms. The minimum absolute atomic E-state index is 0.175. The summed E-state index contributed by atoms with van der Waals surface area (Å²) < 4.78 is 10.4. The molecule has 0 spiro atoms. The van der Waals surface area contributed by atoms with Crippen LogP contribution in [0.5, 0.6) is 0 Å². The first-order valence-corrected chi connectivity index (χ1v) is 7.61. The molecule has 0 aliphatic heterocycles. The topological polar surface area (TPSA) is 79.8 Å². The van der Waals surface area contributed by atoms with Gasteiger partial charge in [-0.3, -0.25) is 0 Å². The first kappa shape index (κ1) is 20.1. The number of carbonyl (C=O) groups is 1. The van der Waals surface area contributed by atoms with E-state index < -0.39 is 5.60 Å². The highest BCUT2D eigenvalue weighted by atomic mass is 16.6. The molecule has 3 N–H and O–H groups in total. The van der Waals surface area contributed by atoms with Crippen LogP contribution in [0.2, 0.25) is 0 Å². The van der Waals surface area contributed by atoms with Gasteiger partial charge in [-0.05, 0) is 47.0 Å². The summed E-state index contributed by atoms with van der Waals surface area (Å²) in [6.45, 7) is 8.92. The number of rotatable bonds is 10. The summed E-state index contributed by atoms with van der Waals surface area (Å²) in [6, 6.07) is 0.464. The number of hydrogen-bond donors (Lipinski definition) is 3. The third kappa shape index (κ3) is 12.6. The standard InChI is InChI=1S/C15H32N2O4/c1-12(8-10-18)17-13(11-20-5)7-6-9-16-14(19)21-15(2,3)4/h12-13,17-18H,6-11H2,1-5H3,(H,16,19). The molecule has 2 atom stereocenters. The van der Waals surface area contributed by atoms with Crippen LogP contribution in [0.25, 0.3) is 0 Å². The Balaban J connectivity index is 3.90. The number of methoxy groups -OCH3 is 1. The van der Waals surface area contributed by atoms with Crippen LogP contribution in [0.15, 0.2) is 0 Å². The van der Waals surface area contributed by atoms with E-state index in [0.29, 0.717) is 13.2 Å². The molecule has 0 saturated heterocycles. The highest BCUT2D eigenvalue weighted by Crippen LogP contribution is 2.06. The lowest BCUT2D eigenvalue weighted by molar-refractivity contribution is 0.0525. The number of nitrogens with one attached hydrogen (secondary N) is 2. The van der Waals surface area contributed by atoms with Gasteiger partial charge in [-0.25, -0.2) is 4.79 Å². The van der Waals surface area contributed by atoms with Crippen molar-refractivity contribution in [3.63, 3.8) is 0 Å². The molecule has 0 saturated carbocycles. The fraction of sp³-hybridized carbons (Fsp3) is 0.933. The summed E-state index contributed by atoms with van der Waals surface area (Å²) in [7, 11) is 1.67. The molecule has 126 valence electrons. The van der Waals surface area contributed by atoms with Crippen LogP contribution in [0, 0.1) is 0 Å². The smallest absolute Gasteiger partial charge is 0.407 e. The summed E-state index contributed by atoms with van der Waals surface area (Å²) in [5.41, 5.74) is -0.468. The van der Waals surface area contributed by atoms with Crippen LogP contribution >= 0.6 is 0 Å². The number of aliphatic hydroxyl groups is 1. The minimum atomic E-state index is -0.468. The van der Waals surface area contributed by atoms with Gasteiger partial charge in [0.05, 0.1) is 6.61 Å². The summed E-state index contributed by atoms with van der Waals surface area (Å²) in [4.78, 5) is 11.5. The van der Waals surface area contributed by atoms with E-state index in [-0.39, 0.29) is 24.8 Å². The van der Waals surface area contributed by atoms with Crippen LogP contribution in [0.3, 0.4) is 0 Å². The minimum Gasteiger partial charge on any atom is -0.444 e. The Morgan fingerprint density at radius 3 is 2.48 bits per heavy atom. The lowest BCUT2D eigenvalue weighted by Gasteiger charge is -2.23. The molecule has 21 heavy (non-hydrogen) atoms. The van der Waals surface area contributed by atoms with Gasteiger partial charge in [0.15, 0.2) is 0 Å². The first-order chi connectivity index (χ1) is 9.78. The summed E-state index contributed by atoms with van der Waals surface area (Å²) in [5.74, 6) is 0. The van der Waals surface area contributed by atoms with E-state index in [1.807, 2.05) is 27.7 Å². The van der Waals surface area contributed by atoms with Gasteiger partial charge in [0.1, 0.15) is 5.60 Å². The average Bonchev–Trinajstić information content (AvgIpc) is 2.32. The van der Waals surface area contributed by atoms with Crippen molar-refractivity contribution in [2.45, 2.75) is 64.6 Å². The highest BCUT2D eigenvalue weighted by molar-refractivity contribution is 5.67. The second kappa shape index (κ2) is 10.8. The molecule has 0 aromatic carbocycles. The van der Waals surface area contributed by atoms with E-state index in [2.05, 4.69) is 10.6 Å². The lowest BCUT2D eigenvalue weighted by atomic mass is 10.1. The zero-order valence-electron chi connectivity index (χ0n) is 14.1. The molecule has 0 bridgehead atoms. The number of hydrogen-bond acceptors (Lipinski definition) is 5. The summed E-state index contributed by atoms with van der Waals surface area (Å²) in [5, 5.41) is 15.1. The molecule has 0 aromatic heterocycles. The monoisotopic (exact) mass is 304 g/mol. The molecule has 0 fully saturated rings. The van der Waals surface area contributed by atoms with Crippen LogP contribution in [-0.4, -0.2) is 55.8 Å². The molecule has 0 aliphatic carbocycles. The van der Waals surface area contributed by atoms with Crippen molar-refractivity contribution in [2.24, 2.45) is 0 Å². The zero-order chi connectivity index (χ0) is 16.3.